The van der Waals surface area contributed by atoms with Crippen LogP contribution in [0.4, 0.5) is 22.7 Å². The van der Waals surface area contributed by atoms with Crippen LogP contribution in [0.15, 0.2) is 194 Å². The van der Waals surface area contributed by atoms with Crippen LogP contribution >= 0.6 is 0 Å². The van der Waals surface area contributed by atoms with E-state index in [1.54, 1.807) is 12.1 Å². The number of pyridine rings is 1. The molecule has 0 amide bonds. The van der Waals surface area contributed by atoms with E-state index < -0.39 is 17.7 Å². The quantitative estimate of drug-likeness (QED) is 0.152. The second-order valence-electron chi connectivity index (χ2n) is 22.1. The van der Waals surface area contributed by atoms with Crippen molar-refractivity contribution in [1.29, 1.82) is 0 Å². The van der Waals surface area contributed by atoms with Gasteiger partial charge in [0.05, 0.1) is 32.2 Å². The van der Waals surface area contributed by atoms with E-state index in [2.05, 4.69) is 114 Å². The molecule has 0 bridgehead atoms. The standard InChI is InChI=1S/C67H64N4O/c1-44-19-11-12-22-54(44)45-29-31-46(32-30-45)55-24-18-25-56(47-37-49(66(5,6)7)39-50(38-47)67(8,9)10)64(55)70-43-69(60-27-15-16-28-61(60)70)51-20-17-21-52(41-51)72-53-33-34-58-57-23-13-14-26-59(57)71(62(58)42-53)63-40-48(35-36-68-63)65(2,3)4/h11-42H,43H2,1-10H3/i1D3,37D,38D,39D. The first-order valence-electron chi connectivity index (χ1n) is 27.9. The highest BCUT2D eigenvalue weighted by Crippen LogP contribution is 2.51. The molecule has 0 unspecified atom stereocenters. The van der Waals surface area contributed by atoms with E-state index in [0.717, 1.165) is 67.1 Å². The van der Waals surface area contributed by atoms with Crippen LogP contribution in [-0.2, 0) is 16.2 Å². The lowest BCUT2D eigenvalue weighted by Crippen LogP contribution is -2.25. The molecule has 10 aromatic rings. The second-order valence-corrected chi connectivity index (χ2v) is 22.1. The van der Waals surface area contributed by atoms with Gasteiger partial charge in [-0.3, -0.25) is 4.57 Å². The topological polar surface area (TPSA) is 33.5 Å². The van der Waals surface area contributed by atoms with Crippen LogP contribution in [0.2, 0.25) is 0 Å². The van der Waals surface area contributed by atoms with E-state index in [4.69, 9.17) is 13.8 Å². The Labute approximate surface area is 434 Å². The maximum absolute atomic E-state index is 10.0. The molecule has 0 aliphatic carbocycles. The first-order chi connectivity index (χ1) is 37.0. The number of rotatable bonds is 8. The third-order valence-electron chi connectivity index (χ3n) is 13.9. The molecule has 3 heterocycles. The molecule has 5 nitrogen and oxygen atoms in total. The molecule has 0 radical (unpaired) electrons. The van der Waals surface area contributed by atoms with Gasteiger partial charge >= 0.3 is 0 Å². The minimum Gasteiger partial charge on any atom is -0.457 e. The predicted octanol–water partition coefficient (Wildman–Crippen LogP) is 18.4. The van der Waals surface area contributed by atoms with E-state index in [1.165, 1.54) is 5.56 Å². The summed E-state index contributed by atoms with van der Waals surface area (Å²) in [4.78, 5) is 9.44. The molecular formula is C67H64N4O. The van der Waals surface area contributed by atoms with Gasteiger partial charge in [0.1, 0.15) is 24.0 Å². The largest absolute Gasteiger partial charge is 0.457 e. The Morgan fingerprint density at radius 2 is 1.07 bits per heavy atom. The molecule has 72 heavy (non-hydrogen) atoms. The Morgan fingerprint density at radius 1 is 0.486 bits per heavy atom. The third-order valence-corrected chi connectivity index (χ3v) is 13.9. The van der Waals surface area contributed by atoms with Crippen molar-refractivity contribution < 1.29 is 13.0 Å². The maximum Gasteiger partial charge on any atom is 0.137 e. The van der Waals surface area contributed by atoms with Crippen molar-refractivity contribution in [2.45, 2.75) is 85.4 Å². The van der Waals surface area contributed by atoms with Gasteiger partial charge < -0.3 is 14.5 Å². The second kappa shape index (κ2) is 17.8. The van der Waals surface area contributed by atoms with Crippen LogP contribution in [-0.4, -0.2) is 16.2 Å². The predicted molar refractivity (Wildman–Crippen MR) is 304 cm³/mol. The molecule has 0 saturated carbocycles. The number of nitrogens with zero attached hydrogens (tertiary/aromatic N) is 4. The fourth-order valence-electron chi connectivity index (χ4n) is 9.93. The summed E-state index contributed by atoms with van der Waals surface area (Å²) in [6, 6.07) is 57.2. The number of ether oxygens (including phenoxy) is 1. The molecule has 0 saturated heterocycles. The van der Waals surface area contributed by atoms with Gasteiger partial charge in [-0.15, -0.1) is 0 Å². The van der Waals surface area contributed by atoms with Crippen LogP contribution in [0.25, 0.3) is 61.0 Å². The van der Waals surface area contributed by atoms with Crippen LogP contribution in [0.5, 0.6) is 11.5 Å². The summed E-state index contributed by atoms with van der Waals surface area (Å²) in [5.74, 6) is 2.20. The molecule has 2 aromatic heterocycles. The van der Waals surface area contributed by atoms with E-state index in [1.807, 2.05) is 127 Å². The summed E-state index contributed by atoms with van der Waals surface area (Å²) >= 11 is 0. The number of anilines is 4. The molecule has 0 fully saturated rings. The van der Waals surface area contributed by atoms with Crippen molar-refractivity contribution in [2.24, 2.45) is 0 Å². The Hall–Kier alpha value is -7.89. The molecule has 1 aliphatic heterocycles. The molecule has 1 aliphatic rings. The molecule has 5 heteroatoms. The van der Waals surface area contributed by atoms with Gasteiger partial charge in [-0.25, -0.2) is 4.98 Å². The van der Waals surface area contributed by atoms with Gasteiger partial charge in [-0.2, -0.15) is 0 Å². The number of aromatic nitrogens is 2. The highest BCUT2D eigenvalue weighted by atomic mass is 16.5. The first kappa shape index (κ1) is 39.8. The van der Waals surface area contributed by atoms with Crippen LogP contribution in [0.3, 0.4) is 0 Å². The summed E-state index contributed by atoms with van der Waals surface area (Å²) < 4.78 is 63.5. The zero-order chi connectivity index (χ0) is 55.2. The average molecular weight is 947 g/mol. The van der Waals surface area contributed by atoms with E-state index >= 15 is 0 Å². The summed E-state index contributed by atoms with van der Waals surface area (Å²) in [7, 11) is 0. The highest BCUT2D eigenvalue weighted by Gasteiger charge is 2.32. The van der Waals surface area contributed by atoms with Crippen molar-refractivity contribution >= 4 is 44.6 Å². The molecule has 358 valence electrons. The van der Waals surface area contributed by atoms with Gasteiger partial charge in [0, 0.05) is 50.0 Å². The summed E-state index contributed by atoms with van der Waals surface area (Å²) in [5, 5.41) is 2.24. The molecule has 0 spiro atoms. The third kappa shape index (κ3) is 8.61. The Bertz CT molecular complexity index is 3930. The van der Waals surface area contributed by atoms with E-state index in [0.29, 0.717) is 46.0 Å². The van der Waals surface area contributed by atoms with Crippen molar-refractivity contribution in [2.75, 3.05) is 16.5 Å². The number of para-hydroxylation sites is 4. The Kier molecular flexibility index (Phi) is 9.81. The summed E-state index contributed by atoms with van der Waals surface area (Å²) in [6.07, 6.45) is 1.89. The number of benzene rings is 8. The fraction of sp³-hybridized carbons (Fsp3) is 0.209. The van der Waals surface area contributed by atoms with Crippen LogP contribution in [0.1, 0.15) is 92.8 Å². The first-order valence-corrected chi connectivity index (χ1v) is 24.9. The number of hydrogen-bond donors (Lipinski definition) is 0. The van der Waals surface area contributed by atoms with Crippen molar-refractivity contribution in [3.8, 4) is 50.7 Å². The van der Waals surface area contributed by atoms with Gasteiger partial charge in [0.2, 0.25) is 0 Å². The average Bonchev–Trinajstić information content (AvgIpc) is 3.94. The Morgan fingerprint density at radius 3 is 1.78 bits per heavy atom. The van der Waals surface area contributed by atoms with Crippen LogP contribution < -0.4 is 14.5 Å². The zero-order valence-electron chi connectivity index (χ0n) is 48.6. The SMILES string of the molecule is [2H]c1c(-c2cccc(-c3ccc(-c4ccccc4C([2H])([2H])[2H])cc3)c2N2CN(c3cccc(Oc4ccc5c6ccccc6n(-c6cc(C(C)(C)C)ccn6)c5c4)c3)c3ccccc32)c([2H])c(C(C)(C)C)c([2H])c1C(C)(C)C. The van der Waals surface area contributed by atoms with Crippen molar-refractivity contribution in [1.82, 2.24) is 9.55 Å². The van der Waals surface area contributed by atoms with Gasteiger partial charge in [0.25, 0.3) is 0 Å². The molecule has 0 N–H and O–H groups in total. The molecule has 11 rings (SSSR count). The summed E-state index contributed by atoms with van der Waals surface area (Å²) in [6.45, 7) is 17.0. The number of hydrogen-bond acceptors (Lipinski definition) is 4. The zero-order valence-corrected chi connectivity index (χ0v) is 42.6. The molecule has 8 aromatic carbocycles. The van der Waals surface area contributed by atoms with Crippen LogP contribution in [0, 0.1) is 6.85 Å². The number of fused-ring (bicyclic) bond motifs is 4. The molecular weight excluding hydrogens is 877 g/mol. The molecule has 0 atom stereocenters. The Balaban J connectivity index is 1.04. The van der Waals surface area contributed by atoms with E-state index in [-0.39, 0.29) is 29.1 Å². The highest BCUT2D eigenvalue weighted by molar-refractivity contribution is 6.09. The van der Waals surface area contributed by atoms with E-state index in [9.17, 15) is 4.11 Å². The lowest BCUT2D eigenvalue weighted by Gasteiger charge is -2.29. The minimum absolute atomic E-state index is 0.0575. The van der Waals surface area contributed by atoms with Gasteiger partial charge in [-0.1, -0.05) is 184 Å². The lowest BCUT2D eigenvalue weighted by atomic mass is 9.78. The van der Waals surface area contributed by atoms with Gasteiger partial charge in [0.15, 0.2) is 0 Å². The number of aryl methyl sites for hydroxylation is 1. The van der Waals surface area contributed by atoms with Crippen molar-refractivity contribution in [3.63, 3.8) is 0 Å². The van der Waals surface area contributed by atoms with Gasteiger partial charge in [-0.05, 0) is 122 Å². The summed E-state index contributed by atoms with van der Waals surface area (Å²) in [5.41, 5.74) is 11.5. The smallest absolute Gasteiger partial charge is 0.137 e. The normalized spacial score (nSPS) is 14.4. The van der Waals surface area contributed by atoms with Crippen molar-refractivity contribution in [3.05, 3.63) is 216 Å². The fourth-order valence-corrected chi connectivity index (χ4v) is 9.93. The maximum atomic E-state index is 10.0. The minimum atomic E-state index is -2.29. The lowest BCUT2D eigenvalue weighted by molar-refractivity contribution is 0.483. The monoisotopic (exact) mass is 947 g/mol.